The van der Waals surface area contributed by atoms with E-state index in [0.29, 0.717) is 13.0 Å². The molecule has 0 amide bonds. The summed E-state index contributed by atoms with van der Waals surface area (Å²) < 4.78 is 86.4. The Morgan fingerprint density at radius 1 is 1.26 bits per heavy atom. The fraction of sp³-hybridized carbons (Fsp3) is 0.452. The molecule has 2 aromatic carbocycles. The van der Waals surface area contributed by atoms with Gasteiger partial charge in [0.2, 0.25) is 0 Å². The zero-order valence-electron chi connectivity index (χ0n) is 24.7. The quantitative estimate of drug-likeness (QED) is 0.222. The number of nitrogens with two attached hydrogens (primary N) is 1. The van der Waals surface area contributed by atoms with E-state index in [1.165, 1.54) is 11.0 Å². The van der Waals surface area contributed by atoms with Crippen LogP contribution in [0.15, 0.2) is 12.1 Å². The largest absolute Gasteiger partial charge is 0.486 e. The van der Waals surface area contributed by atoms with Crippen LogP contribution in [0.3, 0.4) is 0 Å². The second kappa shape index (κ2) is 12.1. The number of aromatic nitrogens is 2. The highest BCUT2D eigenvalue weighted by Crippen LogP contribution is 2.51. The molecule has 7 rings (SSSR count). The van der Waals surface area contributed by atoms with E-state index in [0.717, 1.165) is 23.8 Å². The Morgan fingerprint density at radius 3 is 2.81 bits per heavy atom. The molecule has 2 aromatic heterocycles. The number of rotatable bonds is 7. The Kier molecular flexibility index (Phi) is 8.18. The molecule has 4 aromatic rings. The fourth-order valence-electron chi connectivity index (χ4n) is 7.14. The minimum absolute atomic E-state index is 0.00236. The molecule has 0 aliphatic carbocycles. The number of nitriles is 1. The number of benzene rings is 2. The van der Waals surface area contributed by atoms with Gasteiger partial charge in [0, 0.05) is 36.9 Å². The first kappa shape index (κ1) is 31.9. The van der Waals surface area contributed by atoms with Gasteiger partial charge in [0.25, 0.3) is 6.43 Å². The molecule has 16 heteroatoms. The number of thiophene rings is 1. The van der Waals surface area contributed by atoms with E-state index in [1.54, 1.807) is 0 Å². The number of aliphatic hydroxyl groups excluding tert-OH is 1. The highest BCUT2D eigenvalue weighted by atomic mass is 35.5. The molecule has 2 saturated heterocycles. The zero-order valence-corrected chi connectivity index (χ0v) is 26.3. The fourth-order valence-corrected chi connectivity index (χ4v) is 8.41. The minimum atomic E-state index is -2.81. The third-order valence-corrected chi connectivity index (χ3v) is 10.6. The standard InChI is InChI=1S/C31H28ClF5N6O3S/c32-23-21(16-2-3-18(34)27-20(16)17(9-38)28(39)47-27)24(37)25-22-26(23)46-15(12-44)4-7-42(11-19(35)36)29(22)41-30(40-25)45-13-31-5-1-6-43(31)10-14(33)8-31/h2-3,14-15,19,44H,1,4-8,10-13,39H2/t14-,15?,31+/m1/s1. The van der Waals surface area contributed by atoms with Gasteiger partial charge >= 0.3 is 6.01 Å². The first-order valence-corrected chi connectivity index (χ1v) is 16.2. The third kappa shape index (κ3) is 5.26. The minimum Gasteiger partial charge on any atom is -0.486 e. The predicted octanol–water partition coefficient (Wildman–Crippen LogP) is 6.07. The summed E-state index contributed by atoms with van der Waals surface area (Å²) in [4.78, 5) is 12.1. The summed E-state index contributed by atoms with van der Waals surface area (Å²) >= 11 is 7.71. The van der Waals surface area contributed by atoms with E-state index >= 15 is 4.39 Å². The van der Waals surface area contributed by atoms with E-state index < -0.39 is 54.5 Å². The van der Waals surface area contributed by atoms with Crippen molar-refractivity contribution in [3.63, 3.8) is 0 Å². The molecule has 0 radical (unpaired) electrons. The Labute approximate surface area is 274 Å². The first-order chi connectivity index (χ1) is 22.5. The number of aliphatic hydroxyl groups is 1. The maximum atomic E-state index is 17.0. The summed E-state index contributed by atoms with van der Waals surface area (Å²) in [6, 6.07) is 3.97. The molecule has 3 aliphatic rings. The molecule has 3 atom stereocenters. The van der Waals surface area contributed by atoms with Crippen molar-refractivity contribution in [3.05, 3.63) is 34.4 Å². The Hall–Kier alpha value is -3.71. The monoisotopic (exact) mass is 694 g/mol. The van der Waals surface area contributed by atoms with Gasteiger partial charge < -0.3 is 25.2 Å². The van der Waals surface area contributed by atoms with Crippen LogP contribution in [0.25, 0.3) is 32.1 Å². The predicted molar refractivity (Wildman–Crippen MR) is 167 cm³/mol. The number of alkyl halides is 3. The Bertz CT molecular complexity index is 1940. The molecule has 3 N–H and O–H groups in total. The maximum Gasteiger partial charge on any atom is 0.319 e. The van der Waals surface area contributed by atoms with Crippen molar-refractivity contribution >= 4 is 54.7 Å². The van der Waals surface area contributed by atoms with Crippen LogP contribution in [0.5, 0.6) is 11.8 Å². The molecule has 0 spiro atoms. The lowest BCUT2D eigenvalue weighted by Crippen LogP contribution is -2.43. The lowest BCUT2D eigenvalue weighted by Gasteiger charge is -2.32. The second-order valence-corrected chi connectivity index (χ2v) is 13.5. The van der Waals surface area contributed by atoms with E-state index in [9.17, 15) is 27.9 Å². The van der Waals surface area contributed by atoms with Crippen LogP contribution in [-0.4, -0.2) is 83.6 Å². The van der Waals surface area contributed by atoms with E-state index in [2.05, 4.69) is 9.97 Å². The number of ether oxygens (including phenoxy) is 2. The average Bonchev–Trinajstić information content (AvgIpc) is 3.68. The van der Waals surface area contributed by atoms with E-state index in [4.69, 9.17) is 26.8 Å². The van der Waals surface area contributed by atoms with Gasteiger partial charge in [-0.25, -0.2) is 22.0 Å². The van der Waals surface area contributed by atoms with Gasteiger partial charge in [-0.3, -0.25) is 4.90 Å². The highest BCUT2D eigenvalue weighted by Gasteiger charge is 2.49. The molecule has 3 aliphatic heterocycles. The molecular formula is C31H28ClF5N6O3S. The van der Waals surface area contributed by atoms with Crippen LogP contribution in [0.2, 0.25) is 5.02 Å². The van der Waals surface area contributed by atoms with Crippen molar-refractivity contribution in [1.82, 2.24) is 14.9 Å². The van der Waals surface area contributed by atoms with Crippen LogP contribution in [0.4, 0.5) is 32.8 Å². The van der Waals surface area contributed by atoms with Crippen molar-refractivity contribution in [2.24, 2.45) is 0 Å². The van der Waals surface area contributed by atoms with Crippen molar-refractivity contribution in [2.75, 3.05) is 50.0 Å². The van der Waals surface area contributed by atoms with Crippen molar-refractivity contribution in [2.45, 2.75) is 49.9 Å². The van der Waals surface area contributed by atoms with Crippen molar-refractivity contribution < 1.29 is 36.5 Å². The van der Waals surface area contributed by atoms with Gasteiger partial charge in [0.05, 0.1) is 39.4 Å². The topological polar surface area (TPSA) is 121 Å². The summed E-state index contributed by atoms with van der Waals surface area (Å²) in [7, 11) is 0. The summed E-state index contributed by atoms with van der Waals surface area (Å²) in [5, 5.41) is 19.5. The van der Waals surface area contributed by atoms with Crippen molar-refractivity contribution in [3.8, 4) is 29.0 Å². The Morgan fingerprint density at radius 2 is 2.06 bits per heavy atom. The summed E-state index contributed by atoms with van der Waals surface area (Å²) in [6.07, 6.45) is -2.95. The smallest absolute Gasteiger partial charge is 0.319 e. The molecule has 47 heavy (non-hydrogen) atoms. The summed E-state index contributed by atoms with van der Waals surface area (Å²) in [5.41, 5.74) is 4.66. The number of fused-ring (bicyclic) bond motifs is 2. The van der Waals surface area contributed by atoms with Gasteiger partial charge in [-0.05, 0) is 31.0 Å². The molecule has 5 heterocycles. The van der Waals surface area contributed by atoms with Crippen LogP contribution in [-0.2, 0) is 0 Å². The van der Waals surface area contributed by atoms with Gasteiger partial charge in [0.1, 0.15) is 47.1 Å². The number of hydrogen-bond acceptors (Lipinski definition) is 10. The number of hydrogen-bond donors (Lipinski definition) is 2. The van der Waals surface area contributed by atoms with Crippen LogP contribution >= 0.6 is 22.9 Å². The lowest BCUT2D eigenvalue weighted by atomic mass is 9.95. The number of anilines is 2. The Balaban J connectivity index is 1.48. The van der Waals surface area contributed by atoms with Crippen LogP contribution in [0.1, 0.15) is 31.2 Å². The third-order valence-electron chi connectivity index (χ3n) is 9.24. The maximum absolute atomic E-state index is 17.0. The zero-order chi connectivity index (χ0) is 33.2. The van der Waals surface area contributed by atoms with Crippen LogP contribution in [0, 0.1) is 23.0 Å². The summed E-state index contributed by atoms with van der Waals surface area (Å²) in [6.45, 7) is -0.390. The van der Waals surface area contributed by atoms with E-state index in [-0.39, 0.29) is 92.3 Å². The van der Waals surface area contributed by atoms with Gasteiger partial charge in [-0.2, -0.15) is 15.2 Å². The first-order valence-electron chi connectivity index (χ1n) is 15.0. The second-order valence-electron chi connectivity index (χ2n) is 12.0. The molecule has 9 nitrogen and oxygen atoms in total. The average molecular weight is 695 g/mol. The molecule has 2 fully saturated rings. The highest BCUT2D eigenvalue weighted by molar-refractivity contribution is 7.23. The summed E-state index contributed by atoms with van der Waals surface area (Å²) in [5.74, 6) is -2.03. The lowest BCUT2D eigenvalue weighted by molar-refractivity contribution is 0.105. The molecule has 0 bridgehead atoms. The molecule has 1 unspecified atom stereocenters. The number of nitrogen functional groups attached to an aromatic ring is 1. The molecule has 248 valence electrons. The van der Waals surface area contributed by atoms with Gasteiger partial charge in [-0.1, -0.05) is 17.7 Å². The van der Waals surface area contributed by atoms with Crippen LogP contribution < -0.4 is 20.1 Å². The number of nitrogens with zero attached hydrogens (tertiary/aromatic N) is 5. The number of halogens is 6. The molecular weight excluding hydrogens is 667 g/mol. The SMILES string of the molecule is N#Cc1c(N)sc2c(F)ccc(-c3c(Cl)c4c5c(nc(OC[C@@]67CCCN6C[C@H](F)C7)nc5c3F)N(CC(F)F)CCC(CO)O4)c12. The van der Waals surface area contributed by atoms with E-state index in [1.807, 2.05) is 11.0 Å². The normalized spacial score (nSPS) is 22.8. The van der Waals surface area contributed by atoms with Gasteiger partial charge in [-0.15, -0.1) is 11.3 Å². The van der Waals surface area contributed by atoms with Crippen molar-refractivity contribution in [1.29, 1.82) is 5.26 Å². The van der Waals surface area contributed by atoms with Gasteiger partial charge in [0.15, 0.2) is 11.6 Å². The molecule has 0 saturated carbocycles.